The SMILES string of the molecule is OC1CN[C@H](c2nc(Cc3ccc(Cl)cc3Cl)no2)C1. The van der Waals surface area contributed by atoms with Crippen molar-refractivity contribution in [3.8, 4) is 0 Å². The summed E-state index contributed by atoms with van der Waals surface area (Å²) >= 11 is 12.0. The van der Waals surface area contributed by atoms with E-state index in [1.54, 1.807) is 12.1 Å². The van der Waals surface area contributed by atoms with E-state index in [0.29, 0.717) is 41.1 Å². The number of rotatable bonds is 3. The summed E-state index contributed by atoms with van der Waals surface area (Å²) in [5.41, 5.74) is 0.892. The molecule has 2 N–H and O–H groups in total. The molecule has 0 radical (unpaired) electrons. The van der Waals surface area contributed by atoms with Gasteiger partial charge in [0, 0.05) is 23.0 Å². The Bertz CT molecular complexity index is 617. The van der Waals surface area contributed by atoms with Crippen molar-refractivity contribution < 1.29 is 9.63 Å². The number of hydrogen-bond acceptors (Lipinski definition) is 5. The molecule has 1 fully saturated rings. The van der Waals surface area contributed by atoms with Gasteiger partial charge in [-0.3, -0.25) is 0 Å². The van der Waals surface area contributed by atoms with Crippen LogP contribution in [0.2, 0.25) is 10.0 Å². The van der Waals surface area contributed by atoms with Gasteiger partial charge in [-0.25, -0.2) is 0 Å². The zero-order chi connectivity index (χ0) is 14.1. The smallest absolute Gasteiger partial charge is 0.243 e. The first-order valence-electron chi connectivity index (χ1n) is 6.29. The highest BCUT2D eigenvalue weighted by Crippen LogP contribution is 2.25. The molecular formula is C13H13Cl2N3O2. The lowest BCUT2D eigenvalue weighted by Gasteiger charge is -2.02. The maximum absolute atomic E-state index is 9.48. The van der Waals surface area contributed by atoms with Gasteiger partial charge >= 0.3 is 0 Å². The zero-order valence-corrected chi connectivity index (χ0v) is 12.0. The second kappa shape index (κ2) is 5.69. The van der Waals surface area contributed by atoms with Crippen molar-refractivity contribution in [2.45, 2.75) is 25.0 Å². The van der Waals surface area contributed by atoms with Crippen molar-refractivity contribution in [1.29, 1.82) is 0 Å². The maximum atomic E-state index is 9.48. The first-order valence-corrected chi connectivity index (χ1v) is 7.05. The number of nitrogens with zero attached hydrogens (tertiary/aromatic N) is 2. The predicted molar refractivity (Wildman–Crippen MR) is 74.9 cm³/mol. The molecule has 2 atom stereocenters. The zero-order valence-electron chi connectivity index (χ0n) is 10.5. The van der Waals surface area contributed by atoms with E-state index in [0.717, 1.165) is 5.56 Å². The number of β-amino-alcohol motifs (C(OH)–C–C–N with tert-alkyl or cyclic N) is 1. The average Bonchev–Trinajstić information content (AvgIpc) is 3.02. The Kier molecular flexibility index (Phi) is 3.94. The van der Waals surface area contributed by atoms with Crippen LogP contribution in [0.1, 0.15) is 29.7 Å². The van der Waals surface area contributed by atoms with Crippen LogP contribution in [-0.2, 0) is 6.42 Å². The first kappa shape index (κ1) is 13.8. The van der Waals surface area contributed by atoms with Crippen LogP contribution < -0.4 is 5.32 Å². The molecule has 5 nitrogen and oxygen atoms in total. The third-order valence-electron chi connectivity index (χ3n) is 3.25. The molecule has 7 heteroatoms. The minimum absolute atomic E-state index is 0.0769. The van der Waals surface area contributed by atoms with Crippen LogP contribution in [-0.4, -0.2) is 27.9 Å². The van der Waals surface area contributed by atoms with Crippen LogP contribution in [0, 0.1) is 0 Å². The highest BCUT2D eigenvalue weighted by molar-refractivity contribution is 6.35. The fraction of sp³-hybridized carbons (Fsp3) is 0.385. The molecule has 20 heavy (non-hydrogen) atoms. The molecule has 1 aliphatic rings. The minimum Gasteiger partial charge on any atom is -0.392 e. The molecule has 0 saturated carbocycles. The molecule has 1 aromatic carbocycles. The van der Waals surface area contributed by atoms with E-state index >= 15 is 0 Å². The van der Waals surface area contributed by atoms with Crippen LogP contribution in [0.3, 0.4) is 0 Å². The van der Waals surface area contributed by atoms with Gasteiger partial charge in [0.2, 0.25) is 5.89 Å². The van der Waals surface area contributed by atoms with Crippen LogP contribution in [0.5, 0.6) is 0 Å². The molecule has 1 unspecified atom stereocenters. The summed E-state index contributed by atoms with van der Waals surface area (Å²) in [6.45, 7) is 0.547. The van der Waals surface area contributed by atoms with E-state index in [4.69, 9.17) is 27.7 Å². The Hall–Kier alpha value is -1.14. The van der Waals surface area contributed by atoms with Crippen molar-refractivity contribution >= 4 is 23.2 Å². The topological polar surface area (TPSA) is 71.2 Å². The van der Waals surface area contributed by atoms with E-state index in [1.807, 2.05) is 6.07 Å². The minimum atomic E-state index is -0.360. The van der Waals surface area contributed by atoms with Crippen LogP contribution in [0.15, 0.2) is 22.7 Å². The van der Waals surface area contributed by atoms with E-state index in [2.05, 4.69) is 15.5 Å². The van der Waals surface area contributed by atoms with E-state index in [9.17, 15) is 5.11 Å². The summed E-state index contributed by atoms with van der Waals surface area (Å²) in [6.07, 6.45) is 0.707. The molecule has 0 spiro atoms. The monoisotopic (exact) mass is 313 g/mol. The lowest BCUT2D eigenvalue weighted by Crippen LogP contribution is -2.15. The number of halogens is 2. The molecule has 0 amide bonds. The first-order chi connectivity index (χ1) is 9.61. The summed E-state index contributed by atoms with van der Waals surface area (Å²) in [4.78, 5) is 4.34. The Morgan fingerprint density at radius 2 is 2.25 bits per heavy atom. The van der Waals surface area contributed by atoms with Crippen molar-refractivity contribution in [1.82, 2.24) is 15.5 Å². The number of aliphatic hydroxyl groups excluding tert-OH is 1. The largest absolute Gasteiger partial charge is 0.392 e. The second-order valence-corrected chi connectivity index (χ2v) is 5.66. The lowest BCUT2D eigenvalue weighted by molar-refractivity contribution is 0.191. The summed E-state index contributed by atoms with van der Waals surface area (Å²) < 4.78 is 5.23. The summed E-state index contributed by atoms with van der Waals surface area (Å²) in [5.74, 6) is 1.06. The molecule has 1 aromatic heterocycles. The van der Waals surface area contributed by atoms with E-state index in [-0.39, 0.29) is 12.1 Å². The number of nitrogens with one attached hydrogen (secondary N) is 1. The molecular weight excluding hydrogens is 301 g/mol. The normalized spacial score (nSPS) is 22.4. The third-order valence-corrected chi connectivity index (χ3v) is 3.84. The van der Waals surface area contributed by atoms with E-state index < -0.39 is 0 Å². The quantitative estimate of drug-likeness (QED) is 0.910. The Morgan fingerprint density at radius 1 is 1.40 bits per heavy atom. The summed E-state index contributed by atoms with van der Waals surface area (Å²) in [7, 11) is 0. The average molecular weight is 314 g/mol. The standard InChI is InChI=1S/C13H13Cl2N3O2/c14-8-2-1-7(10(15)4-8)3-12-17-13(20-18-12)11-5-9(19)6-16-11/h1-2,4,9,11,16,19H,3,5-6H2/t9?,11-/m0/s1. The van der Waals surface area contributed by atoms with Crippen molar-refractivity contribution in [3.05, 3.63) is 45.5 Å². The van der Waals surface area contributed by atoms with Gasteiger partial charge < -0.3 is 14.9 Å². The van der Waals surface area contributed by atoms with Crippen molar-refractivity contribution in [3.63, 3.8) is 0 Å². The fourth-order valence-corrected chi connectivity index (χ4v) is 2.70. The highest BCUT2D eigenvalue weighted by atomic mass is 35.5. The molecule has 0 bridgehead atoms. The van der Waals surface area contributed by atoms with Gasteiger partial charge in [0.05, 0.1) is 12.1 Å². The van der Waals surface area contributed by atoms with Crippen LogP contribution in [0.4, 0.5) is 0 Å². The molecule has 0 aliphatic carbocycles. The molecule has 2 heterocycles. The van der Waals surface area contributed by atoms with Gasteiger partial charge in [0.15, 0.2) is 5.82 Å². The van der Waals surface area contributed by atoms with Gasteiger partial charge in [-0.05, 0) is 24.1 Å². The van der Waals surface area contributed by atoms with Gasteiger partial charge in [0.25, 0.3) is 0 Å². The van der Waals surface area contributed by atoms with Crippen LogP contribution >= 0.6 is 23.2 Å². The predicted octanol–water partition coefficient (Wildman–Crippen LogP) is 2.36. The lowest BCUT2D eigenvalue weighted by atomic mass is 10.1. The van der Waals surface area contributed by atoms with Gasteiger partial charge in [-0.1, -0.05) is 34.4 Å². The highest BCUT2D eigenvalue weighted by Gasteiger charge is 2.28. The number of aliphatic hydroxyl groups is 1. The number of hydrogen-bond donors (Lipinski definition) is 2. The van der Waals surface area contributed by atoms with E-state index in [1.165, 1.54) is 0 Å². The summed E-state index contributed by atoms with van der Waals surface area (Å²) in [5, 5.41) is 17.7. The molecule has 1 aliphatic heterocycles. The molecule has 3 rings (SSSR count). The molecule has 1 saturated heterocycles. The van der Waals surface area contributed by atoms with Crippen LogP contribution in [0.25, 0.3) is 0 Å². The Balaban J connectivity index is 1.74. The summed E-state index contributed by atoms with van der Waals surface area (Å²) in [6, 6.07) is 5.23. The van der Waals surface area contributed by atoms with Gasteiger partial charge in [-0.2, -0.15) is 4.98 Å². The number of aromatic nitrogens is 2. The third kappa shape index (κ3) is 2.96. The molecule has 106 valence electrons. The maximum Gasteiger partial charge on any atom is 0.243 e. The van der Waals surface area contributed by atoms with Gasteiger partial charge in [0.1, 0.15) is 0 Å². The Morgan fingerprint density at radius 3 is 2.95 bits per heavy atom. The molecule has 2 aromatic rings. The Labute approximate surface area is 125 Å². The fourth-order valence-electron chi connectivity index (χ4n) is 2.22. The van der Waals surface area contributed by atoms with Crippen molar-refractivity contribution in [2.75, 3.05) is 6.54 Å². The van der Waals surface area contributed by atoms with Gasteiger partial charge in [-0.15, -0.1) is 0 Å². The number of benzene rings is 1. The second-order valence-electron chi connectivity index (χ2n) is 4.81. The van der Waals surface area contributed by atoms with Crippen molar-refractivity contribution in [2.24, 2.45) is 0 Å².